The standard InChI is InChI=1S/C15H18BrN3O/c1-2-8-17-14(20)7-10-19-15-12-4-3-5-13(16)11(12)6-9-18-15/h3-6,9H,2,7-8,10H2,1H3,(H,17,20)(H,18,19). The first kappa shape index (κ1) is 14.8. The monoisotopic (exact) mass is 335 g/mol. The van der Waals surface area contributed by atoms with Crippen LogP contribution in [0.4, 0.5) is 5.82 Å². The summed E-state index contributed by atoms with van der Waals surface area (Å²) in [4.78, 5) is 15.9. The molecular formula is C15H18BrN3O. The summed E-state index contributed by atoms with van der Waals surface area (Å²) in [6.07, 6.45) is 3.18. The van der Waals surface area contributed by atoms with E-state index in [9.17, 15) is 4.79 Å². The van der Waals surface area contributed by atoms with E-state index >= 15 is 0 Å². The Bertz CT molecular complexity index is 601. The minimum absolute atomic E-state index is 0.0702. The topological polar surface area (TPSA) is 54.0 Å². The molecule has 0 atom stereocenters. The van der Waals surface area contributed by atoms with E-state index in [1.807, 2.05) is 31.2 Å². The number of carbonyl (C=O) groups excluding carboxylic acids is 1. The van der Waals surface area contributed by atoms with Crippen molar-refractivity contribution in [3.8, 4) is 0 Å². The lowest BCUT2D eigenvalue weighted by atomic mass is 10.1. The van der Waals surface area contributed by atoms with E-state index < -0.39 is 0 Å². The highest BCUT2D eigenvalue weighted by Crippen LogP contribution is 2.27. The predicted octanol–water partition coefficient (Wildman–Crippen LogP) is 3.33. The molecule has 0 saturated carbocycles. The summed E-state index contributed by atoms with van der Waals surface area (Å²) in [5.41, 5.74) is 0. The lowest BCUT2D eigenvalue weighted by Crippen LogP contribution is -2.26. The normalized spacial score (nSPS) is 10.5. The molecule has 0 aliphatic carbocycles. The first-order valence-corrected chi connectivity index (χ1v) is 7.55. The number of anilines is 1. The molecule has 0 aliphatic rings. The largest absolute Gasteiger partial charge is 0.369 e. The van der Waals surface area contributed by atoms with Crippen LogP contribution in [0.3, 0.4) is 0 Å². The van der Waals surface area contributed by atoms with E-state index in [2.05, 4.69) is 31.5 Å². The van der Waals surface area contributed by atoms with Gasteiger partial charge < -0.3 is 10.6 Å². The Hall–Kier alpha value is -1.62. The van der Waals surface area contributed by atoms with Crippen LogP contribution in [0, 0.1) is 0 Å². The lowest BCUT2D eigenvalue weighted by Gasteiger charge is -2.09. The van der Waals surface area contributed by atoms with Crippen LogP contribution in [0.2, 0.25) is 0 Å². The molecule has 0 unspecified atom stereocenters. The number of nitrogens with one attached hydrogen (secondary N) is 2. The summed E-state index contributed by atoms with van der Waals surface area (Å²) in [7, 11) is 0. The van der Waals surface area contributed by atoms with Crippen LogP contribution < -0.4 is 10.6 Å². The van der Waals surface area contributed by atoms with Crippen LogP contribution in [0.15, 0.2) is 34.9 Å². The summed E-state index contributed by atoms with van der Waals surface area (Å²) >= 11 is 3.53. The van der Waals surface area contributed by atoms with Gasteiger partial charge in [-0.2, -0.15) is 0 Å². The number of carbonyl (C=O) groups is 1. The molecule has 2 aromatic rings. The van der Waals surface area contributed by atoms with Crippen molar-refractivity contribution in [1.29, 1.82) is 0 Å². The molecule has 1 amide bonds. The fourth-order valence-electron chi connectivity index (χ4n) is 1.96. The molecule has 0 bridgehead atoms. The van der Waals surface area contributed by atoms with Crippen molar-refractivity contribution in [2.45, 2.75) is 19.8 Å². The van der Waals surface area contributed by atoms with E-state index in [0.29, 0.717) is 13.0 Å². The first-order chi connectivity index (χ1) is 9.72. The number of halogens is 1. The van der Waals surface area contributed by atoms with Crippen molar-refractivity contribution in [1.82, 2.24) is 10.3 Å². The van der Waals surface area contributed by atoms with Gasteiger partial charge in [0.2, 0.25) is 5.91 Å². The van der Waals surface area contributed by atoms with E-state index in [0.717, 1.165) is 34.0 Å². The second-order valence-corrected chi connectivity index (χ2v) is 5.38. The third kappa shape index (κ3) is 3.70. The maximum Gasteiger partial charge on any atom is 0.221 e. The van der Waals surface area contributed by atoms with Gasteiger partial charge in [0.1, 0.15) is 5.82 Å². The van der Waals surface area contributed by atoms with Gasteiger partial charge in [-0.15, -0.1) is 0 Å². The molecule has 5 heteroatoms. The summed E-state index contributed by atoms with van der Waals surface area (Å²) in [5.74, 6) is 0.882. The average Bonchev–Trinajstić information content (AvgIpc) is 2.46. The molecule has 0 radical (unpaired) electrons. The molecule has 0 saturated heterocycles. The fourth-order valence-corrected chi connectivity index (χ4v) is 2.46. The van der Waals surface area contributed by atoms with Gasteiger partial charge in [-0.3, -0.25) is 4.79 Å². The Kier molecular flexibility index (Phi) is 5.35. The molecule has 1 aromatic heterocycles. The lowest BCUT2D eigenvalue weighted by molar-refractivity contribution is -0.120. The molecular weight excluding hydrogens is 318 g/mol. The zero-order valence-electron chi connectivity index (χ0n) is 11.4. The van der Waals surface area contributed by atoms with Crippen molar-refractivity contribution in [2.24, 2.45) is 0 Å². The third-order valence-corrected chi connectivity index (χ3v) is 3.66. The van der Waals surface area contributed by atoms with Gasteiger partial charge in [0.15, 0.2) is 0 Å². The van der Waals surface area contributed by atoms with Crippen LogP contribution >= 0.6 is 15.9 Å². The van der Waals surface area contributed by atoms with E-state index in [1.54, 1.807) is 6.20 Å². The van der Waals surface area contributed by atoms with Gasteiger partial charge >= 0.3 is 0 Å². The Morgan fingerprint density at radius 2 is 2.10 bits per heavy atom. The summed E-state index contributed by atoms with van der Waals surface area (Å²) in [6, 6.07) is 7.97. The van der Waals surface area contributed by atoms with Crippen molar-refractivity contribution in [3.63, 3.8) is 0 Å². The molecule has 0 aliphatic heterocycles. The number of fused-ring (bicyclic) bond motifs is 1. The molecule has 1 aromatic carbocycles. The van der Waals surface area contributed by atoms with Crippen LogP contribution in [0.25, 0.3) is 10.8 Å². The van der Waals surface area contributed by atoms with E-state index in [-0.39, 0.29) is 5.91 Å². The second kappa shape index (κ2) is 7.24. The number of hydrogen-bond donors (Lipinski definition) is 2. The molecule has 2 N–H and O–H groups in total. The number of rotatable bonds is 6. The number of aromatic nitrogens is 1. The number of amides is 1. The maximum absolute atomic E-state index is 11.5. The Balaban J connectivity index is 2.00. The summed E-state index contributed by atoms with van der Waals surface area (Å²) in [5, 5.41) is 8.25. The number of pyridine rings is 1. The van der Waals surface area contributed by atoms with Crippen LogP contribution in [-0.4, -0.2) is 24.0 Å². The zero-order chi connectivity index (χ0) is 14.4. The summed E-state index contributed by atoms with van der Waals surface area (Å²) < 4.78 is 1.04. The van der Waals surface area contributed by atoms with Gasteiger partial charge in [0.25, 0.3) is 0 Å². The molecule has 106 valence electrons. The average molecular weight is 336 g/mol. The van der Waals surface area contributed by atoms with E-state index in [4.69, 9.17) is 0 Å². The predicted molar refractivity (Wildman–Crippen MR) is 85.9 cm³/mol. The molecule has 0 spiro atoms. The molecule has 4 nitrogen and oxygen atoms in total. The van der Waals surface area contributed by atoms with Gasteiger partial charge in [-0.05, 0) is 18.6 Å². The van der Waals surface area contributed by atoms with Crippen LogP contribution in [0.1, 0.15) is 19.8 Å². The third-order valence-electron chi connectivity index (χ3n) is 2.97. The Morgan fingerprint density at radius 1 is 1.25 bits per heavy atom. The van der Waals surface area contributed by atoms with Crippen LogP contribution in [0.5, 0.6) is 0 Å². The quantitative estimate of drug-likeness (QED) is 0.851. The fraction of sp³-hybridized carbons (Fsp3) is 0.333. The van der Waals surface area contributed by atoms with Gasteiger partial charge in [-0.25, -0.2) is 4.98 Å². The van der Waals surface area contributed by atoms with Crippen molar-refractivity contribution in [3.05, 3.63) is 34.9 Å². The maximum atomic E-state index is 11.5. The van der Waals surface area contributed by atoms with Gasteiger partial charge in [-0.1, -0.05) is 35.0 Å². The van der Waals surface area contributed by atoms with Gasteiger partial charge in [0.05, 0.1) is 0 Å². The highest BCUT2D eigenvalue weighted by Gasteiger charge is 2.05. The molecule has 1 heterocycles. The smallest absolute Gasteiger partial charge is 0.221 e. The Labute approximate surface area is 127 Å². The van der Waals surface area contributed by atoms with Crippen molar-refractivity contribution in [2.75, 3.05) is 18.4 Å². The number of hydrogen-bond acceptors (Lipinski definition) is 3. The van der Waals surface area contributed by atoms with Crippen molar-refractivity contribution < 1.29 is 4.79 Å². The minimum Gasteiger partial charge on any atom is -0.369 e. The SMILES string of the molecule is CCCNC(=O)CCNc1nccc2c(Br)cccc12. The minimum atomic E-state index is 0.0702. The van der Waals surface area contributed by atoms with Crippen molar-refractivity contribution >= 4 is 38.4 Å². The second-order valence-electron chi connectivity index (χ2n) is 4.52. The molecule has 0 fully saturated rings. The first-order valence-electron chi connectivity index (χ1n) is 6.76. The number of benzene rings is 1. The van der Waals surface area contributed by atoms with Gasteiger partial charge in [0, 0.05) is 41.0 Å². The molecule has 20 heavy (non-hydrogen) atoms. The zero-order valence-corrected chi connectivity index (χ0v) is 13.0. The molecule has 2 rings (SSSR count). The summed E-state index contributed by atoms with van der Waals surface area (Å²) in [6.45, 7) is 3.35. The highest BCUT2D eigenvalue weighted by molar-refractivity contribution is 9.10. The Morgan fingerprint density at radius 3 is 2.90 bits per heavy atom. The van der Waals surface area contributed by atoms with E-state index in [1.165, 1.54) is 0 Å². The van der Waals surface area contributed by atoms with Crippen LogP contribution in [-0.2, 0) is 4.79 Å². The highest BCUT2D eigenvalue weighted by atomic mass is 79.9. The number of nitrogens with zero attached hydrogens (tertiary/aromatic N) is 1.